The molecule has 0 aliphatic heterocycles. The van der Waals surface area contributed by atoms with Crippen molar-refractivity contribution in [3.63, 3.8) is 0 Å². The molecule has 0 saturated carbocycles. The van der Waals surface area contributed by atoms with Gasteiger partial charge in [-0.25, -0.2) is 4.98 Å². The molecule has 2 rings (SSSR count). The van der Waals surface area contributed by atoms with Gasteiger partial charge in [-0.05, 0) is 13.3 Å². The Hall–Kier alpha value is -2.43. The third-order valence-corrected chi connectivity index (χ3v) is 3.08. The maximum Gasteiger partial charge on any atom is 0.264 e. The van der Waals surface area contributed by atoms with Crippen LogP contribution in [-0.2, 0) is 0 Å². The van der Waals surface area contributed by atoms with Crippen molar-refractivity contribution in [2.24, 2.45) is 0 Å². The number of rotatable bonds is 4. The van der Waals surface area contributed by atoms with Crippen LogP contribution in [0.25, 0.3) is 11.4 Å². The van der Waals surface area contributed by atoms with Crippen molar-refractivity contribution < 1.29 is 4.79 Å². The lowest BCUT2D eigenvalue weighted by molar-refractivity contribution is 0.0937. The van der Waals surface area contributed by atoms with Crippen LogP contribution in [0.1, 0.15) is 30.6 Å². The highest BCUT2D eigenvalue weighted by Gasteiger charge is 2.13. The van der Waals surface area contributed by atoms with Crippen LogP contribution >= 0.6 is 0 Å². The Bertz CT molecular complexity index is 650. The molecule has 2 N–H and O–H groups in total. The molecule has 0 bridgehead atoms. The Morgan fingerprint density at radius 2 is 2.05 bits per heavy atom. The molecule has 5 heteroatoms. The predicted octanol–water partition coefficient (Wildman–Crippen LogP) is 1.97. The fraction of sp³-hybridized carbons (Fsp3) is 0.267. The standard InChI is InChI=1S/C15H17N3O2/c1-3-10(2)17-14(19)12-9-16-13(18-15(12)20)11-7-5-4-6-8-11/h4-10H,3H2,1-2H3,(H,17,19)(H,16,18,20)/t10-/m1/s1. The van der Waals surface area contributed by atoms with E-state index < -0.39 is 11.5 Å². The lowest BCUT2D eigenvalue weighted by Gasteiger charge is -2.10. The molecule has 1 atom stereocenters. The molecule has 20 heavy (non-hydrogen) atoms. The Morgan fingerprint density at radius 3 is 2.65 bits per heavy atom. The van der Waals surface area contributed by atoms with Gasteiger partial charge < -0.3 is 10.3 Å². The van der Waals surface area contributed by atoms with Gasteiger partial charge in [0.25, 0.3) is 11.5 Å². The largest absolute Gasteiger partial charge is 0.349 e. The number of aromatic nitrogens is 2. The van der Waals surface area contributed by atoms with Crippen molar-refractivity contribution in [1.29, 1.82) is 0 Å². The third kappa shape index (κ3) is 3.12. The Kier molecular flexibility index (Phi) is 4.30. The van der Waals surface area contributed by atoms with Crippen LogP contribution in [0.2, 0.25) is 0 Å². The molecular weight excluding hydrogens is 254 g/mol. The zero-order chi connectivity index (χ0) is 14.5. The summed E-state index contributed by atoms with van der Waals surface area (Å²) < 4.78 is 0. The SMILES string of the molecule is CC[C@@H](C)NC(=O)c1cnc(-c2ccccc2)[nH]c1=O. The molecular formula is C15H17N3O2. The highest BCUT2D eigenvalue weighted by Crippen LogP contribution is 2.11. The maximum absolute atomic E-state index is 12.0. The maximum atomic E-state index is 12.0. The van der Waals surface area contributed by atoms with E-state index in [0.29, 0.717) is 5.82 Å². The van der Waals surface area contributed by atoms with Crippen molar-refractivity contribution >= 4 is 5.91 Å². The first-order valence-corrected chi connectivity index (χ1v) is 6.57. The van der Waals surface area contributed by atoms with Crippen molar-refractivity contribution in [1.82, 2.24) is 15.3 Å². The molecule has 0 aliphatic rings. The molecule has 1 amide bonds. The van der Waals surface area contributed by atoms with Crippen LogP contribution in [-0.4, -0.2) is 21.9 Å². The number of hydrogen-bond acceptors (Lipinski definition) is 3. The van der Waals surface area contributed by atoms with Gasteiger partial charge in [-0.1, -0.05) is 37.3 Å². The first-order valence-electron chi connectivity index (χ1n) is 6.57. The molecule has 2 aromatic rings. The summed E-state index contributed by atoms with van der Waals surface area (Å²) >= 11 is 0. The van der Waals surface area contributed by atoms with E-state index in [2.05, 4.69) is 15.3 Å². The molecule has 0 fully saturated rings. The smallest absolute Gasteiger partial charge is 0.264 e. The monoisotopic (exact) mass is 271 g/mol. The van der Waals surface area contributed by atoms with Gasteiger partial charge in [0.15, 0.2) is 0 Å². The van der Waals surface area contributed by atoms with Crippen LogP contribution < -0.4 is 10.9 Å². The molecule has 0 unspecified atom stereocenters. The summed E-state index contributed by atoms with van der Waals surface area (Å²) in [6.07, 6.45) is 2.12. The molecule has 104 valence electrons. The first-order chi connectivity index (χ1) is 9.61. The predicted molar refractivity (Wildman–Crippen MR) is 77.5 cm³/mol. The lowest BCUT2D eigenvalue weighted by Crippen LogP contribution is -2.35. The Morgan fingerprint density at radius 1 is 1.35 bits per heavy atom. The van der Waals surface area contributed by atoms with E-state index in [0.717, 1.165) is 12.0 Å². The molecule has 5 nitrogen and oxygen atoms in total. The van der Waals surface area contributed by atoms with Gasteiger partial charge >= 0.3 is 0 Å². The van der Waals surface area contributed by atoms with Crippen molar-refractivity contribution in [2.45, 2.75) is 26.3 Å². The molecule has 0 spiro atoms. The summed E-state index contributed by atoms with van der Waals surface area (Å²) in [5, 5.41) is 2.75. The molecule has 0 radical (unpaired) electrons. The van der Waals surface area contributed by atoms with Gasteiger partial charge in [-0.15, -0.1) is 0 Å². The average molecular weight is 271 g/mol. The molecule has 1 heterocycles. The highest BCUT2D eigenvalue weighted by atomic mass is 16.2. The van der Waals surface area contributed by atoms with Crippen LogP contribution in [0.15, 0.2) is 41.3 Å². The molecule has 1 aromatic carbocycles. The fourth-order valence-electron chi connectivity index (χ4n) is 1.70. The van der Waals surface area contributed by atoms with Crippen molar-refractivity contribution in [2.75, 3.05) is 0 Å². The summed E-state index contributed by atoms with van der Waals surface area (Å²) in [6, 6.07) is 9.32. The van der Waals surface area contributed by atoms with Gasteiger partial charge in [0, 0.05) is 17.8 Å². The Labute approximate surface area is 117 Å². The van der Waals surface area contributed by atoms with Crippen molar-refractivity contribution in [3.05, 3.63) is 52.4 Å². The zero-order valence-corrected chi connectivity index (χ0v) is 11.5. The van der Waals surface area contributed by atoms with E-state index in [-0.39, 0.29) is 11.6 Å². The molecule has 1 aromatic heterocycles. The van der Waals surface area contributed by atoms with Crippen molar-refractivity contribution in [3.8, 4) is 11.4 Å². The number of H-pyrrole nitrogens is 1. The minimum atomic E-state index is -0.431. The number of carbonyl (C=O) groups is 1. The topological polar surface area (TPSA) is 74.8 Å². The second kappa shape index (κ2) is 6.14. The van der Waals surface area contributed by atoms with E-state index >= 15 is 0 Å². The van der Waals surface area contributed by atoms with Gasteiger partial charge in [0.1, 0.15) is 11.4 Å². The fourth-order valence-corrected chi connectivity index (χ4v) is 1.70. The average Bonchev–Trinajstić information content (AvgIpc) is 2.47. The number of carbonyl (C=O) groups excluding carboxylic acids is 1. The van der Waals surface area contributed by atoms with E-state index in [1.807, 2.05) is 44.2 Å². The summed E-state index contributed by atoms with van der Waals surface area (Å²) in [6.45, 7) is 3.85. The van der Waals surface area contributed by atoms with Gasteiger partial charge in [0.05, 0.1) is 0 Å². The van der Waals surface area contributed by atoms with E-state index in [1.54, 1.807) is 0 Å². The Balaban J connectivity index is 2.27. The van der Waals surface area contributed by atoms with E-state index in [9.17, 15) is 9.59 Å². The second-order valence-corrected chi connectivity index (χ2v) is 4.62. The summed E-state index contributed by atoms with van der Waals surface area (Å²) in [7, 11) is 0. The van der Waals surface area contributed by atoms with Crippen LogP contribution in [0.5, 0.6) is 0 Å². The first kappa shape index (κ1) is 14.0. The van der Waals surface area contributed by atoms with Gasteiger partial charge in [0.2, 0.25) is 0 Å². The number of nitrogens with zero attached hydrogens (tertiary/aromatic N) is 1. The summed E-state index contributed by atoms with van der Waals surface area (Å²) in [5.74, 6) is 0.0587. The number of aromatic amines is 1. The van der Waals surface area contributed by atoms with E-state index in [1.165, 1.54) is 6.20 Å². The van der Waals surface area contributed by atoms with Crippen LogP contribution in [0.3, 0.4) is 0 Å². The number of hydrogen-bond donors (Lipinski definition) is 2. The minimum absolute atomic E-state index is 0.0238. The summed E-state index contributed by atoms with van der Waals surface area (Å²) in [4.78, 5) is 30.7. The molecule has 0 saturated heterocycles. The zero-order valence-electron chi connectivity index (χ0n) is 11.5. The quantitative estimate of drug-likeness (QED) is 0.892. The van der Waals surface area contributed by atoms with Gasteiger partial charge in [-0.3, -0.25) is 9.59 Å². The van der Waals surface area contributed by atoms with Crippen LogP contribution in [0.4, 0.5) is 0 Å². The molecule has 0 aliphatic carbocycles. The third-order valence-electron chi connectivity index (χ3n) is 3.08. The highest BCUT2D eigenvalue weighted by molar-refractivity contribution is 5.93. The van der Waals surface area contributed by atoms with Crippen LogP contribution in [0, 0.1) is 0 Å². The minimum Gasteiger partial charge on any atom is -0.349 e. The second-order valence-electron chi connectivity index (χ2n) is 4.62. The number of benzene rings is 1. The summed E-state index contributed by atoms with van der Waals surface area (Å²) in [5.41, 5.74) is 0.406. The number of amides is 1. The number of nitrogens with one attached hydrogen (secondary N) is 2. The lowest BCUT2D eigenvalue weighted by atomic mass is 10.2. The van der Waals surface area contributed by atoms with Gasteiger partial charge in [-0.2, -0.15) is 0 Å². The van der Waals surface area contributed by atoms with E-state index in [4.69, 9.17) is 0 Å². The normalized spacial score (nSPS) is 11.9.